The summed E-state index contributed by atoms with van der Waals surface area (Å²) in [7, 11) is 0. The van der Waals surface area contributed by atoms with Gasteiger partial charge in [0.25, 0.3) is 0 Å². The van der Waals surface area contributed by atoms with Crippen molar-refractivity contribution in [2.75, 3.05) is 0 Å². The number of hydrogen-bond acceptors (Lipinski definition) is 4. The fraction of sp³-hybridized carbons (Fsp3) is 0. The van der Waals surface area contributed by atoms with Crippen molar-refractivity contribution < 1.29 is 0 Å². The maximum atomic E-state index is 5.71. The molecule has 0 bridgehead atoms. The van der Waals surface area contributed by atoms with Crippen LogP contribution in [0.5, 0.6) is 0 Å². The van der Waals surface area contributed by atoms with E-state index in [-0.39, 0.29) is 0 Å². The van der Waals surface area contributed by atoms with E-state index in [1.165, 1.54) is 17.4 Å². The van der Waals surface area contributed by atoms with E-state index in [0.717, 1.165) is 0 Å². The van der Waals surface area contributed by atoms with Crippen LogP contribution < -0.4 is 0 Å². The summed E-state index contributed by atoms with van der Waals surface area (Å²) in [6.07, 6.45) is 1.68. The molecule has 0 aromatic carbocycles. The zero-order chi connectivity index (χ0) is 9.26. The summed E-state index contributed by atoms with van der Waals surface area (Å²) in [5, 5.41) is 3.20. The molecule has 66 valence electrons. The second-order valence-corrected chi connectivity index (χ2v) is 3.84. The Morgan fingerprint density at radius 2 is 1.85 bits per heavy atom. The molecule has 0 aliphatic heterocycles. The summed E-state index contributed by atoms with van der Waals surface area (Å²) in [6, 6.07) is 1.49. The Labute approximate surface area is 88.4 Å². The minimum atomic E-state index is 0.324. The maximum Gasteiger partial charge on any atom is 0.191 e. The van der Waals surface area contributed by atoms with Gasteiger partial charge in [-0.1, -0.05) is 23.2 Å². The molecule has 0 fully saturated rings. The van der Waals surface area contributed by atoms with E-state index in [1.54, 1.807) is 6.20 Å². The van der Waals surface area contributed by atoms with Gasteiger partial charge < -0.3 is 0 Å². The Morgan fingerprint density at radius 3 is 2.38 bits per heavy atom. The van der Waals surface area contributed by atoms with Crippen LogP contribution in [0.2, 0.25) is 10.3 Å². The second kappa shape index (κ2) is 3.57. The zero-order valence-electron chi connectivity index (χ0n) is 6.24. The molecule has 2 aromatic heterocycles. The normalized spacial score (nSPS) is 10.3. The van der Waals surface area contributed by atoms with E-state index in [0.29, 0.717) is 21.1 Å². The monoisotopic (exact) mass is 231 g/mol. The molecule has 0 N–H and O–H groups in total. The van der Waals surface area contributed by atoms with Gasteiger partial charge in [-0.25, -0.2) is 15.0 Å². The van der Waals surface area contributed by atoms with Crippen LogP contribution in [-0.4, -0.2) is 15.0 Å². The van der Waals surface area contributed by atoms with Crippen LogP contribution in [0.4, 0.5) is 0 Å². The highest BCUT2D eigenvalue weighted by Crippen LogP contribution is 2.21. The number of aromatic nitrogens is 3. The molecular weight excluding hydrogens is 229 g/mol. The molecule has 2 heterocycles. The molecule has 2 aromatic rings. The van der Waals surface area contributed by atoms with E-state index in [1.807, 2.05) is 5.38 Å². The van der Waals surface area contributed by atoms with Crippen LogP contribution in [0.25, 0.3) is 10.8 Å². The Bertz CT molecular complexity index is 395. The first-order chi connectivity index (χ1) is 6.25. The molecular formula is C7H3Cl2N3S. The highest BCUT2D eigenvalue weighted by Gasteiger charge is 2.06. The van der Waals surface area contributed by atoms with Gasteiger partial charge >= 0.3 is 0 Å². The third-order valence-electron chi connectivity index (χ3n) is 1.29. The summed E-state index contributed by atoms with van der Waals surface area (Å²) < 4.78 is 0. The van der Waals surface area contributed by atoms with Crippen molar-refractivity contribution in [1.82, 2.24) is 15.0 Å². The fourth-order valence-electron chi connectivity index (χ4n) is 0.820. The SMILES string of the molecule is Clc1cc(Cl)nc(-c2nccs2)n1. The predicted octanol–water partition coefficient (Wildman–Crippen LogP) is 2.91. The van der Waals surface area contributed by atoms with Crippen molar-refractivity contribution in [3.63, 3.8) is 0 Å². The topological polar surface area (TPSA) is 38.7 Å². The summed E-state index contributed by atoms with van der Waals surface area (Å²) >= 11 is 12.9. The molecule has 0 radical (unpaired) electrons. The lowest BCUT2D eigenvalue weighted by Crippen LogP contribution is -1.88. The quantitative estimate of drug-likeness (QED) is 0.709. The molecule has 13 heavy (non-hydrogen) atoms. The van der Waals surface area contributed by atoms with Crippen LogP contribution in [0.15, 0.2) is 17.6 Å². The number of rotatable bonds is 1. The highest BCUT2D eigenvalue weighted by molar-refractivity contribution is 7.13. The molecule has 0 spiro atoms. The first kappa shape index (κ1) is 8.87. The van der Waals surface area contributed by atoms with Crippen molar-refractivity contribution in [1.29, 1.82) is 0 Å². The lowest BCUT2D eigenvalue weighted by atomic mass is 10.6. The van der Waals surface area contributed by atoms with Crippen molar-refractivity contribution in [3.8, 4) is 10.8 Å². The van der Waals surface area contributed by atoms with Crippen LogP contribution in [0, 0.1) is 0 Å². The molecule has 0 unspecified atom stereocenters. The predicted molar refractivity (Wildman–Crippen MR) is 53.2 cm³/mol. The van der Waals surface area contributed by atoms with Gasteiger partial charge in [-0.15, -0.1) is 11.3 Å². The first-order valence-electron chi connectivity index (χ1n) is 3.35. The fourth-order valence-corrected chi connectivity index (χ4v) is 1.81. The molecule has 6 heteroatoms. The molecule has 0 amide bonds. The summed E-state index contributed by atoms with van der Waals surface area (Å²) in [6.45, 7) is 0. The third-order valence-corrected chi connectivity index (χ3v) is 2.44. The van der Waals surface area contributed by atoms with Crippen molar-refractivity contribution >= 4 is 34.5 Å². The highest BCUT2D eigenvalue weighted by atomic mass is 35.5. The molecule has 3 nitrogen and oxygen atoms in total. The van der Waals surface area contributed by atoms with E-state index in [2.05, 4.69) is 15.0 Å². The lowest BCUT2D eigenvalue weighted by molar-refractivity contribution is 1.16. The van der Waals surface area contributed by atoms with Gasteiger partial charge in [0.15, 0.2) is 10.8 Å². The second-order valence-electron chi connectivity index (χ2n) is 2.17. The smallest absolute Gasteiger partial charge is 0.191 e. The third kappa shape index (κ3) is 1.96. The Morgan fingerprint density at radius 1 is 1.15 bits per heavy atom. The van der Waals surface area contributed by atoms with Crippen LogP contribution >= 0.6 is 34.5 Å². The van der Waals surface area contributed by atoms with Crippen molar-refractivity contribution in [3.05, 3.63) is 27.9 Å². The summed E-state index contributed by atoms with van der Waals surface area (Å²) in [4.78, 5) is 12.0. The average molecular weight is 232 g/mol. The number of hydrogen-bond donors (Lipinski definition) is 0. The minimum Gasteiger partial charge on any atom is -0.241 e. The first-order valence-corrected chi connectivity index (χ1v) is 4.99. The molecule has 0 saturated heterocycles. The van der Waals surface area contributed by atoms with Gasteiger partial charge in [-0.3, -0.25) is 0 Å². The van der Waals surface area contributed by atoms with Crippen LogP contribution in [0.3, 0.4) is 0 Å². The van der Waals surface area contributed by atoms with E-state index >= 15 is 0 Å². The average Bonchev–Trinajstić information content (AvgIpc) is 2.53. The van der Waals surface area contributed by atoms with Gasteiger partial charge in [0.05, 0.1) is 0 Å². The van der Waals surface area contributed by atoms with Crippen LogP contribution in [-0.2, 0) is 0 Å². The molecule has 0 saturated carbocycles. The summed E-state index contributed by atoms with van der Waals surface area (Å²) in [5.74, 6) is 0.465. The number of thiazole rings is 1. The van der Waals surface area contributed by atoms with Crippen molar-refractivity contribution in [2.45, 2.75) is 0 Å². The Balaban J connectivity index is 2.53. The number of halogens is 2. The Kier molecular flexibility index (Phi) is 2.44. The van der Waals surface area contributed by atoms with Crippen molar-refractivity contribution in [2.24, 2.45) is 0 Å². The number of nitrogens with zero attached hydrogens (tertiary/aromatic N) is 3. The van der Waals surface area contributed by atoms with Gasteiger partial charge in [-0.2, -0.15) is 0 Å². The van der Waals surface area contributed by atoms with Gasteiger partial charge in [0.1, 0.15) is 10.3 Å². The van der Waals surface area contributed by atoms with Gasteiger partial charge in [-0.05, 0) is 0 Å². The molecule has 0 aliphatic rings. The maximum absolute atomic E-state index is 5.71. The molecule has 2 rings (SSSR count). The van der Waals surface area contributed by atoms with Crippen LogP contribution in [0.1, 0.15) is 0 Å². The van der Waals surface area contributed by atoms with E-state index in [9.17, 15) is 0 Å². The largest absolute Gasteiger partial charge is 0.241 e. The lowest BCUT2D eigenvalue weighted by Gasteiger charge is -1.96. The molecule has 0 aliphatic carbocycles. The standard InChI is InChI=1S/C7H3Cl2N3S/c8-4-3-5(9)12-6(11-4)7-10-1-2-13-7/h1-3H. The van der Waals surface area contributed by atoms with E-state index < -0.39 is 0 Å². The van der Waals surface area contributed by atoms with Gasteiger partial charge in [0, 0.05) is 17.6 Å². The zero-order valence-corrected chi connectivity index (χ0v) is 8.57. The Hall–Kier alpha value is -0.710. The molecule has 0 atom stereocenters. The minimum absolute atomic E-state index is 0.324. The summed E-state index contributed by atoms with van der Waals surface area (Å²) in [5.41, 5.74) is 0. The van der Waals surface area contributed by atoms with Gasteiger partial charge in [0.2, 0.25) is 0 Å². The van der Waals surface area contributed by atoms with E-state index in [4.69, 9.17) is 23.2 Å².